The zero-order valence-corrected chi connectivity index (χ0v) is 15.6. The van der Waals surface area contributed by atoms with Gasteiger partial charge in [0.15, 0.2) is 0 Å². The van der Waals surface area contributed by atoms with Crippen LogP contribution in [0.3, 0.4) is 0 Å². The molecule has 0 aromatic heterocycles. The Morgan fingerprint density at radius 1 is 1.04 bits per heavy atom. The lowest BCUT2D eigenvalue weighted by Gasteiger charge is -2.33. The van der Waals surface area contributed by atoms with E-state index in [1.807, 2.05) is 42.5 Å². The molecule has 1 aliphatic heterocycles. The summed E-state index contributed by atoms with van der Waals surface area (Å²) in [5, 5.41) is 5.03. The van der Waals surface area contributed by atoms with Crippen LogP contribution >= 0.6 is 12.4 Å². The number of fused-ring (bicyclic) bond motifs is 1. The molecule has 0 bridgehead atoms. The van der Waals surface area contributed by atoms with Crippen molar-refractivity contribution in [2.24, 2.45) is 0 Å². The third-order valence-electron chi connectivity index (χ3n) is 4.55. The summed E-state index contributed by atoms with van der Waals surface area (Å²) in [6.45, 7) is 4.25. The Balaban J connectivity index is 0.00000243. The summed E-state index contributed by atoms with van der Waals surface area (Å²) < 4.78 is 4.73. The van der Waals surface area contributed by atoms with Gasteiger partial charge in [0.25, 0.3) is 5.91 Å². The normalized spacial score (nSPS) is 14.6. The summed E-state index contributed by atoms with van der Waals surface area (Å²) in [6, 6.07) is 13.7. The molecule has 7 heteroatoms. The van der Waals surface area contributed by atoms with Crippen molar-refractivity contribution in [3.05, 3.63) is 48.0 Å². The third kappa shape index (κ3) is 4.65. The van der Waals surface area contributed by atoms with E-state index in [9.17, 15) is 9.59 Å². The molecule has 1 aliphatic rings. The van der Waals surface area contributed by atoms with E-state index in [2.05, 4.69) is 10.2 Å². The van der Waals surface area contributed by atoms with Crippen LogP contribution < -0.4 is 5.32 Å². The Morgan fingerprint density at radius 2 is 1.73 bits per heavy atom. The number of rotatable bonds is 4. The van der Waals surface area contributed by atoms with Crippen LogP contribution in [0.1, 0.15) is 10.4 Å². The van der Waals surface area contributed by atoms with E-state index in [1.165, 1.54) is 7.11 Å². The van der Waals surface area contributed by atoms with Crippen molar-refractivity contribution < 1.29 is 14.3 Å². The second-order valence-corrected chi connectivity index (χ2v) is 6.08. The van der Waals surface area contributed by atoms with Gasteiger partial charge in [-0.15, -0.1) is 12.4 Å². The highest BCUT2D eigenvalue weighted by Crippen LogP contribution is 2.18. The van der Waals surface area contributed by atoms with E-state index in [0.29, 0.717) is 25.2 Å². The highest BCUT2D eigenvalue weighted by atomic mass is 35.5. The van der Waals surface area contributed by atoms with E-state index in [4.69, 9.17) is 4.74 Å². The van der Waals surface area contributed by atoms with Gasteiger partial charge in [0.1, 0.15) is 0 Å². The fourth-order valence-electron chi connectivity index (χ4n) is 3.13. The molecular weight excluding hydrogens is 354 g/mol. The molecule has 2 aromatic carbocycles. The third-order valence-corrected chi connectivity index (χ3v) is 4.55. The summed E-state index contributed by atoms with van der Waals surface area (Å²) in [5.41, 5.74) is 0.702. The number of carbonyl (C=O) groups is 2. The smallest absolute Gasteiger partial charge is 0.409 e. The minimum Gasteiger partial charge on any atom is -0.453 e. The first kappa shape index (κ1) is 20.0. The number of piperazine rings is 1. The number of carbonyl (C=O) groups excluding carboxylic acids is 2. The number of halogens is 1. The molecule has 2 amide bonds. The fourth-order valence-corrected chi connectivity index (χ4v) is 3.13. The Kier molecular flexibility index (Phi) is 7.24. The predicted molar refractivity (Wildman–Crippen MR) is 104 cm³/mol. The topological polar surface area (TPSA) is 61.9 Å². The second kappa shape index (κ2) is 9.40. The molecule has 6 nitrogen and oxygen atoms in total. The van der Waals surface area contributed by atoms with E-state index in [0.717, 1.165) is 30.4 Å². The van der Waals surface area contributed by atoms with Gasteiger partial charge in [-0.2, -0.15) is 0 Å². The molecule has 0 radical (unpaired) electrons. The van der Waals surface area contributed by atoms with Gasteiger partial charge in [-0.25, -0.2) is 4.79 Å². The maximum Gasteiger partial charge on any atom is 0.409 e. The number of hydrogen-bond donors (Lipinski definition) is 1. The molecule has 3 rings (SSSR count). The van der Waals surface area contributed by atoms with Gasteiger partial charge < -0.3 is 15.0 Å². The number of hydrogen-bond acceptors (Lipinski definition) is 4. The number of methoxy groups -OCH3 is 1. The van der Waals surface area contributed by atoms with Gasteiger partial charge in [-0.1, -0.05) is 36.4 Å². The highest BCUT2D eigenvalue weighted by Gasteiger charge is 2.21. The van der Waals surface area contributed by atoms with E-state index in [1.54, 1.807) is 4.90 Å². The van der Waals surface area contributed by atoms with Gasteiger partial charge >= 0.3 is 6.09 Å². The molecule has 0 saturated carbocycles. The molecule has 0 atom stereocenters. The van der Waals surface area contributed by atoms with Crippen molar-refractivity contribution in [3.8, 4) is 0 Å². The SMILES string of the molecule is COC(=O)N1CCN(CCNC(=O)c2cccc3ccccc23)CC1.Cl. The molecular formula is C19H24ClN3O3. The Labute approximate surface area is 159 Å². The fraction of sp³-hybridized carbons (Fsp3) is 0.368. The van der Waals surface area contributed by atoms with Crippen LogP contribution in [0.5, 0.6) is 0 Å². The summed E-state index contributed by atoms with van der Waals surface area (Å²) >= 11 is 0. The molecule has 0 unspecified atom stereocenters. The lowest BCUT2D eigenvalue weighted by Crippen LogP contribution is -2.50. The first-order valence-electron chi connectivity index (χ1n) is 8.50. The summed E-state index contributed by atoms with van der Waals surface area (Å²) in [7, 11) is 1.40. The molecule has 1 fully saturated rings. The number of ether oxygens (including phenoxy) is 1. The largest absolute Gasteiger partial charge is 0.453 e. The zero-order valence-electron chi connectivity index (χ0n) is 14.8. The summed E-state index contributed by atoms with van der Waals surface area (Å²) in [6.07, 6.45) is -0.274. The molecule has 0 spiro atoms. The van der Waals surface area contributed by atoms with E-state index >= 15 is 0 Å². The Bertz CT molecular complexity index is 755. The monoisotopic (exact) mass is 377 g/mol. The molecule has 1 heterocycles. The number of nitrogens with zero attached hydrogens (tertiary/aromatic N) is 2. The first-order chi connectivity index (χ1) is 12.2. The lowest BCUT2D eigenvalue weighted by atomic mass is 10.0. The minimum absolute atomic E-state index is 0. The minimum atomic E-state index is -0.274. The van der Waals surface area contributed by atoms with Crippen LogP contribution in [0, 0.1) is 0 Å². The van der Waals surface area contributed by atoms with Crippen LogP contribution in [0.25, 0.3) is 10.8 Å². The number of amides is 2. The van der Waals surface area contributed by atoms with Crippen LogP contribution in [0.15, 0.2) is 42.5 Å². The zero-order chi connectivity index (χ0) is 17.6. The quantitative estimate of drug-likeness (QED) is 0.888. The standard InChI is InChI=1S/C19H23N3O3.ClH/c1-25-19(24)22-13-11-21(12-14-22)10-9-20-18(23)17-8-4-6-15-5-2-3-7-16(15)17;/h2-8H,9-14H2,1H3,(H,20,23);1H. The maximum absolute atomic E-state index is 12.5. The average Bonchev–Trinajstić information content (AvgIpc) is 2.67. The van der Waals surface area contributed by atoms with Crippen molar-refractivity contribution in [1.82, 2.24) is 15.1 Å². The molecule has 140 valence electrons. The average molecular weight is 378 g/mol. The van der Waals surface area contributed by atoms with Gasteiger partial charge in [0.2, 0.25) is 0 Å². The summed E-state index contributed by atoms with van der Waals surface area (Å²) in [5.74, 6) is -0.0509. The van der Waals surface area contributed by atoms with Crippen LogP contribution in [0.2, 0.25) is 0 Å². The van der Waals surface area contributed by atoms with E-state index in [-0.39, 0.29) is 24.4 Å². The molecule has 2 aromatic rings. The van der Waals surface area contributed by atoms with Crippen molar-refractivity contribution >= 4 is 35.2 Å². The van der Waals surface area contributed by atoms with Gasteiger partial charge in [0.05, 0.1) is 7.11 Å². The van der Waals surface area contributed by atoms with Crippen LogP contribution in [-0.2, 0) is 4.74 Å². The van der Waals surface area contributed by atoms with Crippen molar-refractivity contribution in [2.75, 3.05) is 46.4 Å². The Hall–Kier alpha value is -2.31. The molecule has 1 saturated heterocycles. The van der Waals surface area contributed by atoms with Crippen LogP contribution in [-0.4, -0.2) is 68.2 Å². The highest BCUT2D eigenvalue weighted by molar-refractivity contribution is 6.06. The first-order valence-corrected chi connectivity index (χ1v) is 8.50. The van der Waals surface area contributed by atoms with Crippen molar-refractivity contribution in [2.45, 2.75) is 0 Å². The van der Waals surface area contributed by atoms with Crippen LogP contribution in [0.4, 0.5) is 4.79 Å². The number of nitrogens with one attached hydrogen (secondary N) is 1. The lowest BCUT2D eigenvalue weighted by molar-refractivity contribution is 0.0885. The second-order valence-electron chi connectivity index (χ2n) is 6.08. The number of benzene rings is 2. The predicted octanol–water partition coefficient (Wildman–Crippen LogP) is 2.38. The molecule has 0 aliphatic carbocycles. The Morgan fingerprint density at radius 3 is 2.46 bits per heavy atom. The van der Waals surface area contributed by atoms with Gasteiger partial charge in [-0.05, 0) is 16.8 Å². The molecule has 1 N–H and O–H groups in total. The van der Waals surface area contributed by atoms with Gasteiger partial charge in [-0.3, -0.25) is 9.69 Å². The van der Waals surface area contributed by atoms with Crippen molar-refractivity contribution in [3.63, 3.8) is 0 Å². The maximum atomic E-state index is 12.5. The van der Waals surface area contributed by atoms with Gasteiger partial charge in [0, 0.05) is 44.8 Å². The van der Waals surface area contributed by atoms with E-state index < -0.39 is 0 Å². The van der Waals surface area contributed by atoms with Crippen molar-refractivity contribution in [1.29, 1.82) is 0 Å². The summed E-state index contributed by atoms with van der Waals surface area (Å²) in [4.78, 5) is 27.9. The molecule has 26 heavy (non-hydrogen) atoms.